The zero-order valence-electron chi connectivity index (χ0n) is 12.7. The van der Waals surface area contributed by atoms with Crippen molar-refractivity contribution in [2.75, 3.05) is 0 Å². The molecule has 2 rings (SSSR count). The molecule has 0 saturated heterocycles. The molecule has 0 fully saturated rings. The fraction of sp³-hybridized carbons (Fsp3) is 0.294. The minimum atomic E-state index is -0.436. The van der Waals surface area contributed by atoms with Gasteiger partial charge in [-0.3, -0.25) is 9.59 Å². The summed E-state index contributed by atoms with van der Waals surface area (Å²) in [5.41, 5.74) is 0.0667. The third kappa shape index (κ3) is 3.42. The van der Waals surface area contributed by atoms with E-state index in [4.69, 9.17) is 0 Å². The molecule has 1 amide bonds. The van der Waals surface area contributed by atoms with Gasteiger partial charge in [0.15, 0.2) is 0 Å². The number of nitrogens with one attached hydrogen (secondary N) is 1. The molecule has 1 unspecified atom stereocenters. The number of aromatic amines is 1. The number of aromatic nitrogens is 1. The summed E-state index contributed by atoms with van der Waals surface area (Å²) in [6.45, 7) is 3.96. The van der Waals surface area contributed by atoms with Gasteiger partial charge < -0.3 is 9.88 Å². The monoisotopic (exact) mass is 302 g/mol. The summed E-state index contributed by atoms with van der Waals surface area (Å²) in [6.07, 6.45) is 2.19. The van der Waals surface area contributed by atoms with Crippen molar-refractivity contribution in [3.63, 3.8) is 0 Å². The van der Waals surface area contributed by atoms with Gasteiger partial charge in [-0.05, 0) is 31.5 Å². The molecule has 5 heteroatoms. The normalized spacial score (nSPS) is 12.0. The lowest BCUT2D eigenvalue weighted by atomic mass is 10.1. The zero-order valence-corrected chi connectivity index (χ0v) is 12.7. The Kier molecular flexibility index (Phi) is 5.09. The fourth-order valence-corrected chi connectivity index (χ4v) is 2.20. The SMILES string of the molecule is CCC(C)N(Cc1ccccc1F)C(=O)c1ccc[nH]c1=O. The Morgan fingerprint density at radius 1 is 1.27 bits per heavy atom. The Labute approximate surface area is 128 Å². The highest BCUT2D eigenvalue weighted by Gasteiger charge is 2.23. The Morgan fingerprint density at radius 3 is 2.64 bits per heavy atom. The largest absolute Gasteiger partial charge is 0.331 e. The van der Waals surface area contributed by atoms with Crippen LogP contribution >= 0.6 is 0 Å². The number of benzene rings is 1. The topological polar surface area (TPSA) is 53.2 Å². The summed E-state index contributed by atoms with van der Waals surface area (Å²) in [5.74, 6) is -0.745. The molecule has 0 spiro atoms. The Bertz CT molecular complexity index is 712. The van der Waals surface area contributed by atoms with E-state index in [-0.39, 0.29) is 29.9 Å². The molecule has 0 aliphatic rings. The molecule has 1 heterocycles. The first-order valence-electron chi connectivity index (χ1n) is 7.26. The van der Waals surface area contributed by atoms with Gasteiger partial charge in [-0.1, -0.05) is 25.1 Å². The number of amides is 1. The summed E-state index contributed by atoms with van der Waals surface area (Å²) < 4.78 is 13.9. The van der Waals surface area contributed by atoms with Crippen molar-refractivity contribution < 1.29 is 9.18 Å². The minimum absolute atomic E-state index is 0.0686. The standard InChI is InChI=1S/C17H19FN2O2/c1-3-12(2)20(11-13-7-4-5-9-15(13)18)17(22)14-8-6-10-19-16(14)21/h4-10,12H,3,11H2,1-2H3,(H,19,21). The second-order valence-electron chi connectivity index (χ2n) is 5.19. The molecule has 0 aliphatic heterocycles. The van der Waals surface area contributed by atoms with E-state index < -0.39 is 5.56 Å². The van der Waals surface area contributed by atoms with Crippen LogP contribution in [0.25, 0.3) is 0 Å². The lowest BCUT2D eigenvalue weighted by Crippen LogP contribution is -2.40. The number of nitrogens with zero attached hydrogens (tertiary/aromatic N) is 1. The minimum Gasteiger partial charge on any atom is -0.331 e. The summed E-state index contributed by atoms with van der Waals surface area (Å²) in [4.78, 5) is 28.5. The predicted molar refractivity (Wildman–Crippen MR) is 83.1 cm³/mol. The van der Waals surface area contributed by atoms with E-state index in [1.165, 1.54) is 23.2 Å². The third-order valence-corrected chi connectivity index (χ3v) is 3.73. The van der Waals surface area contributed by atoms with E-state index in [0.29, 0.717) is 12.0 Å². The van der Waals surface area contributed by atoms with Gasteiger partial charge in [-0.15, -0.1) is 0 Å². The van der Waals surface area contributed by atoms with Gasteiger partial charge in [0.25, 0.3) is 11.5 Å². The van der Waals surface area contributed by atoms with Crippen LogP contribution in [0, 0.1) is 5.82 Å². The first kappa shape index (κ1) is 15.9. The quantitative estimate of drug-likeness (QED) is 0.923. The van der Waals surface area contributed by atoms with Crippen LogP contribution in [0.3, 0.4) is 0 Å². The number of hydrogen-bond acceptors (Lipinski definition) is 2. The average Bonchev–Trinajstić information content (AvgIpc) is 2.53. The van der Waals surface area contributed by atoms with Gasteiger partial charge in [0, 0.05) is 24.3 Å². The Hall–Kier alpha value is -2.43. The van der Waals surface area contributed by atoms with Gasteiger partial charge >= 0.3 is 0 Å². The van der Waals surface area contributed by atoms with E-state index in [1.807, 2.05) is 13.8 Å². The molecule has 22 heavy (non-hydrogen) atoms. The summed E-state index contributed by atoms with van der Waals surface area (Å²) >= 11 is 0. The third-order valence-electron chi connectivity index (χ3n) is 3.73. The highest BCUT2D eigenvalue weighted by molar-refractivity contribution is 5.94. The number of pyridine rings is 1. The highest BCUT2D eigenvalue weighted by atomic mass is 19.1. The molecule has 0 bridgehead atoms. The van der Waals surface area contributed by atoms with Crippen LogP contribution in [-0.2, 0) is 6.54 Å². The van der Waals surface area contributed by atoms with Crippen LogP contribution in [0.4, 0.5) is 4.39 Å². The summed E-state index contributed by atoms with van der Waals surface area (Å²) in [5, 5.41) is 0. The van der Waals surface area contributed by atoms with Crippen LogP contribution in [0.15, 0.2) is 47.4 Å². The summed E-state index contributed by atoms with van der Waals surface area (Å²) in [6, 6.07) is 9.33. The Morgan fingerprint density at radius 2 is 2.00 bits per heavy atom. The molecule has 0 radical (unpaired) electrons. The number of rotatable bonds is 5. The van der Waals surface area contributed by atoms with Crippen LogP contribution in [0.1, 0.15) is 36.2 Å². The van der Waals surface area contributed by atoms with E-state index >= 15 is 0 Å². The molecule has 4 nitrogen and oxygen atoms in total. The second kappa shape index (κ2) is 7.02. The van der Waals surface area contributed by atoms with Gasteiger partial charge in [-0.25, -0.2) is 4.39 Å². The second-order valence-corrected chi connectivity index (χ2v) is 5.19. The molecule has 1 atom stereocenters. The van der Waals surface area contributed by atoms with E-state index in [9.17, 15) is 14.0 Å². The van der Waals surface area contributed by atoms with E-state index in [0.717, 1.165) is 0 Å². The number of halogens is 1. The van der Waals surface area contributed by atoms with Crippen LogP contribution in [0.5, 0.6) is 0 Å². The molecule has 1 aromatic heterocycles. The molecule has 116 valence electrons. The number of carbonyl (C=O) groups excluding carboxylic acids is 1. The van der Waals surface area contributed by atoms with E-state index in [2.05, 4.69) is 4.98 Å². The Balaban J connectivity index is 2.35. The van der Waals surface area contributed by atoms with Crippen molar-refractivity contribution in [2.45, 2.75) is 32.9 Å². The average molecular weight is 302 g/mol. The number of carbonyl (C=O) groups is 1. The summed E-state index contributed by atoms with van der Waals surface area (Å²) in [7, 11) is 0. The van der Waals surface area contributed by atoms with Gasteiger partial charge in [0.1, 0.15) is 11.4 Å². The number of hydrogen-bond donors (Lipinski definition) is 1. The van der Waals surface area contributed by atoms with Crippen molar-refractivity contribution in [1.29, 1.82) is 0 Å². The predicted octanol–water partition coefficient (Wildman–Crippen LogP) is 2.95. The zero-order chi connectivity index (χ0) is 16.1. The maximum atomic E-state index is 13.9. The van der Waals surface area contributed by atoms with Crippen molar-refractivity contribution >= 4 is 5.91 Å². The van der Waals surface area contributed by atoms with Crippen molar-refractivity contribution in [3.05, 3.63) is 69.9 Å². The van der Waals surface area contributed by atoms with Crippen molar-refractivity contribution in [3.8, 4) is 0 Å². The highest BCUT2D eigenvalue weighted by Crippen LogP contribution is 2.16. The first-order valence-corrected chi connectivity index (χ1v) is 7.26. The lowest BCUT2D eigenvalue weighted by Gasteiger charge is -2.28. The van der Waals surface area contributed by atoms with Crippen molar-refractivity contribution in [2.24, 2.45) is 0 Å². The van der Waals surface area contributed by atoms with Crippen molar-refractivity contribution in [1.82, 2.24) is 9.88 Å². The molecular formula is C17H19FN2O2. The first-order chi connectivity index (χ1) is 10.5. The molecule has 1 N–H and O–H groups in total. The maximum Gasteiger partial charge on any atom is 0.260 e. The fourth-order valence-electron chi connectivity index (χ4n) is 2.20. The molecule has 1 aromatic carbocycles. The van der Waals surface area contributed by atoms with Gasteiger partial charge in [-0.2, -0.15) is 0 Å². The van der Waals surface area contributed by atoms with Crippen LogP contribution in [0.2, 0.25) is 0 Å². The number of H-pyrrole nitrogens is 1. The van der Waals surface area contributed by atoms with E-state index in [1.54, 1.807) is 24.3 Å². The lowest BCUT2D eigenvalue weighted by molar-refractivity contribution is 0.0667. The maximum absolute atomic E-state index is 13.9. The van der Waals surface area contributed by atoms with Gasteiger partial charge in [0.2, 0.25) is 0 Å². The molecule has 2 aromatic rings. The molecule has 0 saturated carbocycles. The van der Waals surface area contributed by atoms with Crippen LogP contribution in [-0.4, -0.2) is 21.8 Å². The smallest absolute Gasteiger partial charge is 0.260 e. The molecular weight excluding hydrogens is 283 g/mol. The van der Waals surface area contributed by atoms with Gasteiger partial charge in [0.05, 0.1) is 0 Å². The molecule has 0 aliphatic carbocycles. The van der Waals surface area contributed by atoms with Crippen LogP contribution < -0.4 is 5.56 Å².